The summed E-state index contributed by atoms with van der Waals surface area (Å²) < 4.78 is 0.441. The molecule has 166 valence electrons. The number of carbonyl (C=O) groups is 1. The van der Waals surface area contributed by atoms with Crippen molar-refractivity contribution in [3.05, 3.63) is 35.4 Å². The van der Waals surface area contributed by atoms with Crippen LogP contribution in [0.15, 0.2) is 29.3 Å². The highest BCUT2D eigenvalue weighted by Crippen LogP contribution is 2.42. The van der Waals surface area contributed by atoms with Gasteiger partial charge in [-0.05, 0) is 30.4 Å². The molecule has 2 heterocycles. The molecule has 1 aromatic rings. The number of nitrogens with one attached hydrogen (secondary N) is 1. The number of amides is 1. The summed E-state index contributed by atoms with van der Waals surface area (Å²) in [5.74, 6) is 2.50. The van der Waals surface area contributed by atoms with Crippen molar-refractivity contribution in [1.82, 2.24) is 15.1 Å². The molecule has 1 spiro atoms. The molecule has 2 aliphatic heterocycles. The van der Waals surface area contributed by atoms with Crippen LogP contribution in [-0.4, -0.2) is 58.8 Å². The molecule has 0 unspecified atom stereocenters. The lowest BCUT2D eigenvalue weighted by atomic mass is 9.87. The molecule has 30 heavy (non-hydrogen) atoms. The zero-order valence-corrected chi connectivity index (χ0v) is 21.2. The molecular weight excluding hydrogens is 507 g/mol. The molecule has 3 fully saturated rings. The molecule has 0 atom stereocenters. The third-order valence-electron chi connectivity index (χ3n) is 6.51. The number of hydrogen-bond acceptors (Lipinski definition) is 3. The third-order valence-corrected chi connectivity index (χ3v) is 8.05. The highest BCUT2D eigenvalue weighted by Gasteiger charge is 2.38. The zero-order valence-electron chi connectivity index (χ0n) is 18.1. The lowest BCUT2D eigenvalue weighted by molar-refractivity contribution is -0.128. The maximum atomic E-state index is 11.9. The highest BCUT2D eigenvalue weighted by molar-refractivity contribution is 14.0. The number of rotatable bonds is 4. The number of benzene rings is 1. The molecule has 5 nitrogen and oxygen atoms in total. The molecule has 4 rings (SSSR count). The van der Waals surface area contributed by atoms with Crippen molar-refractivity contribution in [2.45, 2.75) is 62.8 Å². The van der Waals surface area contributed by atoms with Gasteiger partial charge in [0, 0.05) is 56.7 Å². The van der Waals surface area contributed by atoms with Crippen molar-refractivity contribution in [3.63, 3.8) is 0 Å². The maximum Gasteiger partial charge on any atom is 0.222 e. The van der Waals surface area contributed by atoms with Gasteiger partial charge in [0.2, 0.25) is 5.91 Å². The molecule has 1 aliphatic carbocycles. The van der Waals surface area contributed by atoms with E-state index in [1.807, 2.05) is 11.9 Å². The van der Waals surface area contributed by atoms with Gasteiger partial charge in [0.15, 0.2) is 5.96 Å². The van der Waals surface area contributed by atoms with Crippen LogP contribution in [0, 0.1) is 0 Å². The van der Waals surface area contributed by atoms with Gasteiger partial charge in [-0.1, -0.05) is 43.5 Å². The first-order valence-electron chi connectivity index (χ1n) is 11.1. The van der Waals surface area contributed by atoms with Crippen LogP contribution in [0.1, 0.15) is 56.1 Å². The Kier molecular flexibility index (Phi) is 8.74. The number of thioether (sulfide) groups is 1. The Morgan fingerprint density at radius 2 is 1.97 bits per heavy atom. The lowest BCUT2D eigenvalue weighted by Crippen LogP contribution is -2.53. The van der Waals surface area contributed by atoms with E-state index >= 15 is 0 Å². The smallest absolute Gasteiger partial charge is 0.222 e. The number of carbonyl (C=O) groups excluding carboxylic acids is 1. The first-order valence-corrected chi connectivity index (χ1v) is 12.1. The summed E-state index contributed by atoms with van der Waals surface area (Å²) in [6.07, 6.45) is 8.54. The van der Waals surface area contributed by atoms with Gasteiger partial charge in [-0.15, -0.1) is 24.0 Å². The Balaban J connectivity index is 0.00000256. The van der Waals surface area contributed by atoms with Gasteiger partial charge in [0.05, 0.1) is 0 Å². The Bertz CT molecular complexity index is 745. The molecule has 1 saturated carbocycles. The zero-order chi connectivity index (χ0) is 20.1. The normalized spacial score (nSPS) is 21.6. The predicted molar refractivity (Wildman–Crippen MR) is 137 cm³/mol. The number of nitrogens with zero attached hydrogens (tertiary/aromatic N) is 3. The van der Waals surface area contributed by atoms with Crippen molar-refractivity contribution < 1.29 is 4.79 Å². The highest BCUT2D eigenvalue weighted by atomic mass is 127. The van der Waals surface area contributed by atoms with Crippen LogP contribution in [0.25, 0.3) is 0 Å². The fourth-order valence-electron chi connectivity index (χ4n) is 4.97. The first-order chi connectivity index (χ1) is 14.2. The van der Waals surface area contributed by atoms with Gasteiger partial charge in [-0.3, -0.25) is 9.79 Å². The Labute approximate surface area is 202 Å². The van der Waals surface area contributed by atoms with E-state index in [-0.39, 0.29) is 29.9 Å². The van der Waals surface area contributed by atoms with E-state index in [1.165, 1.54) is 49.0 Å². The van der Waals surface area contributed by atoms with Crippen LogP contribution < -0.4 is 5.32 Å². The fourth-order valence-corrected chi connectivity index (χ4v) is 6.54. The quantitative estimate of drug-likeness (QED) is 0.351. The van der Waals surface area contributed by atoms with Crippen LogP contribution in [0.5, 0.6) is 0 Å². The van der Waals surface area contributed by atoms with E-state index in [9.17, 15) is 4.79 Å². The molecule has 3 aliphatic rings. The number of hydrogen-bond donors (Lipinski definition) is 1. The molecule has 1 aromatic carbocycles. The second-order valence-corrected chi connectivity index (χ2v) is 10.2. The standard InChI is InChI=1S/C23H34N4OS.HI/c1-24-22(27-13-14-29-23(18-27)10-3-2-4-11-23)25-16-19-7-5-8-20(15-19)17-26-12-6-9-21(26)28;/h5,7-8,15H,2-4,6,9-14,16-18H2,1H3,(H,24,25);1H. The summed E-state index contributed by atoms with van der Waals surface area (Å²) >= 11 is 2.19. The van der Waals surface area contributed by atoms with E-state index in [0.717, 1.165) is 45.1 Å². The summed E-state index contributed by atoms with van der Waals surface area (Å²) in [5, 5.41) is 3.59. The van der Waals surface area contributed by atoms with Crippen LogP contribution in [-0.2, 0) is 17.9 Å². The summed E-state index contributed by atoms with van der Waals surface area (Å²) in [5.41, 5.74) is 2.46. The summed E-state index contributed by atoms with van der Waals surface area (Å²) in [6.45, 7) is 4.58. The SMILES string of the molecule is CN=C(NCc1cccc(CN2CCCC2=O)c1)N1CCSC2(CCCCC2)C1.I. The van der Waals surface area contributed by atoms with Gasteiger partial charge in [0.25, 0.3) is 0 Å². The molecule has 0 bridgehead atoms. The number of guanidine groups is 1. The van der Waals surface area contributed by atoms with Gasteiger partial charge in [0.1, 0.15) is 0 Å². The van der Waals surface area contributed by atoms with Crippen molar-refractivity contribution >= 4 is 47.6 Å². The van der Waals surface area contributed by atoms with E-state index < -0.39 is 0 Å². The van der Waals surface area contributed by atoms with Crippen molar-refractivity contribution in [2.24, 2.45) is 4.99 Å². The lowest BCUT2D eigenvalue weighted by Gasteiger charge is -2.45. The minimum absolute atomic E-state index is 0. The second-order valence-electron chi connectivity index (χ2n) is 8.65. The largest absolute Gasteiger partial charge is 0.352 e. The average Bonchev–Trinajstić information content (AvgIpc) is 3.14. The first kappa shape index (κ1) is 23.7. The summed E-state index contributed by atoms with van der Waals surface area (Å²) in [7, 11) is 1.90. The van der Waals surface area contributed by atoms with Crippen LogP contribution in [0.3, 0.4) is 0 Å². The minimum atomic E-state index is 0. The molecule has 7 heteroatoms. The fraction of sp³-hybridized carbons (Fsp3) is 0.652. The second kappa shape index (κ2) is 11.1. The molecule has 1 amide bonds. The predicted octanol–water partition coefficient (Wildman–Crippen LogP) is 4.25. The van der Waals surface area contributed by atoms with Gasteiger partial charge >= 0.3 is 0 Å². The number of halogens is 1. The topological polar surface area (TPSA) is 47.9 Å². The Morgan fingerprint density at radius 1 is 1.17 bits per heavy atom. The van der Waals surface area contributed by atoms with E-state index in [1.54, 1.807) is 0 Å². The minimum Gasteiger partial charge on any atom is -0.352 e. The maximum absolute atomic E-state index is 11.9. The van der Waals surface area contributed by atoms with Gasteiger partial charge in [-0.2, -0.15) is 11.8 Å². The molecule has 1 N–H and O–H groups in total. The Morgan fingerprint density at radius 3 is 2.70 bits per heavy atom. The average molecular weight is 543 g/mol. The van der Waals surface area contributed by atoms with E-state index in [2.05, 4.69) is 51.2 Å². The molecule has 0 radical (unpaired) electrons. The van der Waals surface area contributed by atoms with Crippen molar-refractivity contribution in [1.29, 1.82) is 0 Å². The van der Waals surface area contributed by atoms with Crippen LogP contribution in [0.2, 0.25) is 0 Å². The molecule has 0 aromatic heterocycles. The van der Waals surface area contributed by atoms with E-state index in [0.29, 0.717) is 11.2 Å². The molecule has 2 saturated heterocycles. The summed E-state index contributed by atoms with van der Waals surface area (Å²) in [4.78, 5) is 20.9. The monoisotopic (exact) mass is 542 g/mol. The van der Waals surface area contributed by atoms with E-state index in [4.69, 9.17) is 0 Å². The summed E-state index contributed by atoms with van der Waals surface area (Å²) in [6, 6.07) is 8.60. The number of aliphatic imine (C=N–C) groups is 1. The molecular formula is C23H35IN4OS. The van der Waals surface area contributed by atoms with Crippen molar-refractivity contribution in [2.75, 3.05) is 32.4 Å². The van der Waals surface area contributed by atoms with Crippen LogP contribution in [0.4, 0.5) is 0 Å². The number of likely N-dealkylation sites (tertiary alicyclic amines) is 1. The third kappa shape index (κ3) is 5.84. The van der Waals surface area contributed by atoms with Gasteiger partial charge in [-0.25, -0.2) is 0 Å². The Hall–Kier alpha value is -0.960. The van der Waals surface area contributed by atoms with Crippen LogP contribution >= 0.6 is 35.7 Å². The van der Waals surface area contributed by atoms with Crippen molar-refractivity contribution in [3.8, 4) is 0 Å². The van der Waals surface area contributed by atoms with Gasteiger partial charge < -0.3 is 15.1 Å².